The Balaban J connectivity index is 2.05. The molecule has 184 valence electrons. The highest BCUT2D eigenvalue weighted by Crippen LogP contribution is 2.28. The summed E-state index contributed by atoms with van der Waals surface area (Å²) in [7, 11) is 2.73. The lowest BCUT2D eigenvalue weighted by Crippen LogP contribution is -2.51. The summed E-state index contributed by atoms with van der Waals surface area (Å²) in [6.45, 7) is 6.55. The van der Waals surface area contributed by atoms with Crippen molar-refractivity contribution >= 4 is 17.8 Å². The van der Waals surface area contributed by atoms with Crippen LogP contribution in [0.3, 0.4) is 0 Å². The number of rotatable bonds is 8. The van der Waals surface area contributed by atoms with Gasteiger partial charge in [0.15, 0.2) is 17.3 Å². The van der Waals surface area contributed by atoms with E-state index >= 15 is 0 Å². The van der Waals surface area contributed by atoms with Crippen molar-refractivity contribution in [3.63, 3.8) is 0 Å². The van der Waals surface area contributed by atoms with E-state index in [1.54, 1.807) is 27.7 Å². The number of halogens is 1. The number of ether oxygens (including phenoxy) is 3. The van der Waals surface area contributed by atoms with Crippen molar-refractivity contribution in [2.75, 3.05) is 27.3 Å². The molecule has 0 aliphatic carbocycles. The Bertz CT molecular complexity index is 871. The Morgan fingerprint density at radius 3 is 2.48 bits per heavy atom. The summed E-state index contributed by atoms with van der Waals surface area (Å²) in [6, 6.07) is 3.21. The van der Waals surface area contributed by atoms with Gasteiger partial charge < -0.3 is 24.6 Å². The van der Waals surface area contributed by atoms with Crippen LogP contribution in [0.5, 0.6) is 5.75 Å². The molecule has 1 heterocycles. The number of benzene rings is 1. The molecule has 33 heavy (non-hydrogen) atoms. The number of carbonyl (C=O) groups excluding carboxylic acids is 3. The zero-order valence-corrected chi connectivity index (χ0v) is 19.9. The molecule has 0 radical (unpaired) electrons. The quantitative estimate of drug-likeness (QED) is 0.562. The molecular weight excluding hydrogens is 435 g/mol. The number of ketones is 1. The minimum Gasteiger partial charge on any atom is -0.494 e. The summed E-state index contributed by atoms with van der Waals surface area (Å²) in [5, 5.41) is 12.7. The highest BCUT2D eigenvalue weighted by atomic mass is 19.1. The van der Waals surface area contributed by atoms with E-state index < -0.39 is 53.4 Å². The Hall–Kier alpha value is -2.72. The topological polar surface area (TPSA) is 114 Å². The number of nitrogens with zero attached hydrogens (tertiary/aromatic N) is 1. The monoisotopic (exact) mass is 468 g/mol. The predicted octanol–water partition coefficient (Wildman–Crippen LogP) is 2.15. The molecular formula is C23H33FN2O7. The third-order valence-electron chi connectivity index (χ3n) is 5.40. The van der Waals surface area contributed by atoms with Crippen LogP contribution < -0.4 is 10.1 Å². The number of aliphatic hydroxyl groups is 1. The second-order valence-electron chi connectivity index (χ2n) is 9.07. The first-order valence-electron chi connectivity index (χ1n) is 10.7. The van der Waals surface area contributed by atoms with Crippen LogP contribution in [0.1, 0.15) is 44.5 Å². The highest BCUT2D eigenvalue weighted by molar-refractivity contribution is 5.99. The van der Waals surface area contributed by atoms with Crippen LogP contribution in [-0.4, -0.2) is 79.0 Å². The van der Waals surface area contributed by atoms with Gasteiger partial charge in [-0.2, -0.15) is 0 Å². The molecule has 9 nitrogen and oxygen atoms in total. The standard InChI is InChI=1S/C23H33FN2O7/c1-13(21(29)25-11-18(28)14-7-8-19(31-5)16(24)9-14)20(32-6)17-10-15(27)12-26(17)22(30)33-23(2,3)4/h7-9,13,15,17,20,27H,10-12H2,1-6H3,(H,25,29)/t13-,15?,17?,20-/m1/s1. The van der Waals surface area contributed by atoms with Crippen molar-refractivity contribution in [3.05, 3.63) is 29.6 Å². The first kappa shape index (κ1) is 26.5. The highest BCUT2D eigenvalue weighted by Gasteiger charge is 2.44. The number of nitrogens with one attached hydrogen (secondary N) is 1. The molecule has 0 spiro atoms. The molecule has 1 aliphatic rings. The first-order valence-corrected chi connectivity index (χ1v) is 10.7. The number of Topliss-reactive ketones (excluding diaryl/α,β-unsaturated/α-hetero) is 1. The van der Waals surface area contributed by atoms with Crippen LogP contribution in [-0.2, 0) is 14.3 Å². The Morgan fingerprint density at radius 2 is 1.94 bits per heavy atom. The summed E-state index contributed by atoms with van der Waals surface area (Å²) in [6.07, 6.45) is -1.90. The molecule has 2 N–H and O–H groups in total. The largest absolute Gasteiger partial charge is 0.494 e. The van der Waals surface area contributed by atoms with Crippen LogP contribution >= 0.6 is 0 Å². The van der Waals surface area contributed by atoms with Gasteiger partial charge >= 0.3 is 6.09 Å². The second kappa shape index (κ2) is 10.9. The first-order chi connectivity index (χ1) is 15.4. The third kappa shape index (κ3) is 6.88. The maximum atomic E-state index is 13.9. The van der Waals surface area contributed by atoms with Gasteiger partial charge in [-0.3, -0.25) is 14.5 Å². The molecule has 0 aromatic heterocycles. The van der Waals surface area contributed by atoms with Gasteiger partial charge in [-0.1, -0.05) is 6.92 Å². The van der Waals surface area contributed by atoms with E-state index in [0.29, 0.717) is 0 Å². The Morgan fingerprint density at radius 1 is 1.27 bits per heavy atom. The van der Waals surface area contributed by atoms with E-state index in [4.69, 9.17) is 14.2 Å². The summed E-state index contributed by atoms with van der Waals surface area (Å²) in [4.78, 5) is 39.1. The molecule has 10 heteroatoms. The van der Waals surface area contributed by atoms with E-state index in [1.807, 2.05) is 0 Å². The summed E-state index contributed by atoms with van der Waals surface area (Å²) in [5.74, 6) is -2.37. The molecule has 1 aromatic rings. The van der Waals surface area contributed by atoms with Crippen LogP contribution in [0.2, 0.25) is 0 Å². The third-order valence-corrected chi connectivity index (χ3v) is 5.40. The number of hydrogen-bond donors (Lipinski definition) is 2. The lowest BCUT2D eigenvalue weighted by Gasteiger charge is -2.34. The van der Waals surface area contributed by atoms with E-state index in [0.717, 1.165) is 6.07 Å². The van der Waals surface area contributed by atoms with Gasteiger partial charge in [-0.15, -0.1) is 0 Å². The van der Waals surface area contributed by atoms with E-state index in [1.165, 1.54) is 31.3 Å². The molecule has 1 saturated heterocycles. The Labute approximate surface area is 193 Å². The Kier molecular flexibility index (Phi) is 8.79. The van der Waals surface area contributed by atoms with Crippen molar-refractivity contribution in [1.29, 1.82) is 0 Å². The maximum absolute atomic E-state index is 13.9. The average molecular weight is 469 g/mol. The van der Waals surface area contributed by atoms with Crippen molar-refractivity contribution in [2.24, 2.45) is 5.92 Å². The van der Waals surface area contributed by atoms with Crippen LogP contribution in [0.25, 0.3) is 0 Å². The van der Waals surface area contributed by atoms with Gasteiger partial charge in [0.1, 0.15) is 5.60 Å². The molecule has 2 amide bonds. The number of β-amino-alcohol motifs (C(OH)–C–C–N with tert-alkyl or cyclic N) is 1. The molecule has 2 unspecified atom stereocenters. The minimum atomic E-state index is -0.776. The van der Waals surface area contributed by atoms with Gasteiger partial charge in [0.05, 0.1) is 44.4 Å². The molecule has 1 aromatic carbocycles. The fourth-order valence-corrected chi connectivity index (χ4v) is 3.80. The van der Waals surface area contributed by atoms with Gasteiger partial charge in [0, 0.05) is 12.7 Å². The van der Waals surface area contributed by atoms with Crippen molar-refractivity contribution < 1.29 is 38.1 Å². The van der Waals surface area contributed by atoms with E-state index in [9.17, 15) is 23.9 Å². The smallest absolute Gasteiger partial charge is 0.410 e. The molecule has 0 saturated carbocycles. The minimum absolute atomic E-state index is 0.0143. The number of likely N-dealkylation sites (tertiary alicyclic amines) is 1. The van der Waals surface area contributed by atoms with Crippen LogP contribution in [0.15, 0.2) is 18.2 Å². The summed E-state index contributed by atoms with van der Waals surface area (Å²) in [5.41, 5.74) is -0.623. The fourth-order valence-electron chi connectivity index (χ4n) is 3.80. The molecule has 2 rings (SSSR count). The van der Waals surface area contributed by atoms with Gasteiger partial charge in [-0.25, -0.2) is 9.18 Å². The number of methoxy groups -OCH3 is 2. The summed E-state index contributed by atoms with van der Waals surface area (Å²) < 4.78 is 29.7. The molecule has 4 atom stereocenters. The number of aliphatic hydroxyl groups excluding tert-OH is 1. The van der Waals surface area contributed by atoms with Gasteiger partial charge in [0.2, 0.25) is 5.91 Å². The molecule has 1 fully saturated rings. The second-order valence-corrected chi connectivity index (χ2v) is 9.07. The molecule has 0 bridgehead atoms. The van der Waals surface area contributed by atoms with Crippen molar-refractivity contribution in [2.45, 2.75) is 58.0 Å². The zero-order valence-electron chi connectivity index (χ0n) is 19.9. The fraction of sp³-hybridized carbons (Fsp3) is 0.609. The normalized spacial score (nSPS) is 20.2. The van der Waals surface area contributed by atoms with E-state index in [2.05, 4.69) is 5.32 Å². The van der Waals surface area contributed by atoms with E-state index in [-0.39, 0.29) is 30.8 Å². The predicted molar refractivity (Wildman–Crippen MR) is 118 cm³/mol. The van der Waals surface area contributed by atoms with Gasteiger partial charge in [-0.05, 0) is 45.4 Å². The van der Waals surface area contributed by atoms with Crippen molar-refractivity contribution in [3.8, 4) is 5.75 Å². The average Bonchev–Trinajstić information content (AvgIpc) is 3.12. The summed E-state index contributed by atoms with van der Waals surface area (Å²) >= 11 is 0. The number of carbonyl (C=O) groups is 3. The van der Waals surface area contributed by atoms with Gasteiger partial charge in [0.25, 0.3) is 0 Å². The zero-order chi connectivity index (χ0) is 24.9. The SMILES string of the molecule is COc1ccc(C(=O)CNC(=O)[C@H](C)[C@@H](OC)C2CC(O)CN2C(=O)OC(C)(C)C)cc1F. The lowest BCUT2D eigenvalue weighted by molar-refractivity contribution is -0.130. The maximum Gasteiger partial charge on any atom is 0.410 e. The van der Waals surface area contributed by atoms with Crippen LogP contribution in [0.4, 0.5) is 9.18 Å². The number of hydrogen-bond acceptors (Lipinski definition) is 7. The number of amides is 2. The van der Waals surface area contributed by atoms with Crippen molar-refractivity contribution in [1.82, 2.24) is 10.2 Å². The lowest BCUT2D eigenvalue weighted by atomic mass is 9.94. The van der Waals surface area contributed by atoms with Crippen LogP contribution in [0, 0.1) is 11.7 Å². The molecule has 1 aliphatic heterocycles.